The van der Waals surface area contributed by atoms with Gasteiger partial charge in [-0.2, -0.15) is 5.11 Å². The number of amides is 2. The molecule has 2 aromatic rings. The van der Waals surface area contributed by atoms with Crippen LogP contribution in [0, 0.1) is 0 Å². The molecular weight excluding hydrogens is 356 g/mol. The fourth-order valence-electron chi connectivity index (χ4n) is 3.58. The van der Waals surface area contributed by atoms with Crippen molar-refractivity contribution in [3.8, 4) is 5.75 Å². The zero-order chi connectivity index (χ0) is 19.7. The molecule has 4 rings (SSSR count). The second kappa shape index (κ2) is 7.42. The van der Waals surface area contributed by atoms with E-state index in [-0.39, 0.29) is 11.8 Å². The van der Waals surface area contributed by atoms with E-state index in [1.165, 1.54) is 4.90 Å². The highest BCUT2D eigenvalue weighted by atomic mass is 16.5. The van der Waals surface area contributed by atoms with Gasteiger partial charge in [0.05, 0.1) is 12.8 Å². The van der Waals surface area contributed by atoms with Crippen molar-refractivity contribution in [2.75, 3.05) is 18.6 Å². The van der Waals surface area contributed by atoms with Gasteiger partial charge in [-0.25, -0.2) is 4.90 Å². The van der Waals surface area contributed by atoms with Crippen LogP contribution in [0.2, 0.25) is 0 Å². The van der Waals surface area contributed by atoms with Crippen LogP contribution < -0.4 is 9.64 Å². The van der Waals surface area contributed by atoms with E-state index in [4.69, 9.17) is 4.74 Å². The summed E-state index contributed by atoms with van der Waals surface area (Å²) in [6.45, 7) is 2.57. The fraction of sp³-hybridized carbons (Fsp3) is 0.333. The molecule has 2 aromatic carbocycles. The second-order valence-corrected chi connectivity index (χ2v) is 6.89. The van der Waals surface area contributed by atoms with Gasteiger partial charge in [0.2, 0.25) is 0 Å². The van der Waals surface area contributed by atoms with Gasteiger partial charge >= 0.3 is 0 Å². The molecule has 2 heterocycles. The minimum absolute atomic E-state index is 0.265. The number of aryl methyl sites for hydroxylation is 1. The van der Waals surface area contributed by atoms with Crippen molar-refractivity contribution in [3.05, 3.63) is 59.7 Å². The van der Waals surface area contributed by atoms with Crippen LogP contribution in [-0.4, -0.2) is 42.6 Å². The van der Waals surface area contributed by atoms with Crippen molar-refractivity contribution in [3.63, 3.8) is 0 Å². The van der Waals surface area contributed by atoms with E-state index in [2.05, 4.69) is 17.3 Å². The lowest BCUT2D eigenvalue weighted by molar-refractivity contribution is -0.123. The molecule has 2 aliphatic heterocycles. The van der Waals surface area contributed by atoms with Gasteiger partial charge in [0.25, 0.3) is 11.8 Å². The Kier molecular flexibility index (Phi) is 4.81. The number of carbonyl (C=O) groups excluding carboxylic acids is 2. The first-order chi connectivity index (χ1) is 13.6. The number of imide groups is 1. The number of anilines is 1. The van der Waals surface area contributed by atoms with Crippen LogP contribution in [0.25, 0.3) is 0 Å². The maximum absolute atomic E-state index is 13.0. The van der Waals surface area contributed by atoms with Gasteiger partial charge in [0, 0.05) is 6.54 Å². The zero-order valence-corrected chi connectivity index (χ0v) is 15.9. The molecule has 0 radical (unpaired) electrons. The molecular formula is C21H22N4O3. The monoisotopic (exact) mass is 378 g/mol. The van der Waals surface area contributed by atoms with Crippen molar-refractivity contribution >= 4 is 17.5 Å². The molecule has 0 spiro atoms. The molecule has 0 aromatic heterocycles. The van der Waals surface area contributed by atoms with Gasteiger partial charge in [0.15, 0.2) is 12.1 Å². The number of nitrogens with zero attached hydrogens (tertiary/aromatic N) is 4. The number of fused-ring (bicyclic) bond motifs is 1. The van der Waals surface area contributed by atoms with E-state index in [1.54, 1.807) is 12.1 Å². The van der Waals surface area contributed by atoms with Crippen molar-refractivity contribution in [1.82, 2.24) is 5.01 Å². The van der Waals surface area contributed by atoms with Crippen LogP contribution in [0.3, 0.4) is 0 Å². The molecule has 7 heteroatoms. The summed E-state index contributed by atoms with van der Waals surface area (Å²) in [7, 11) is 1.63. The molecule has 2 atom stereocenters. The second-order valence-electron chi connectivity index (χ2n) is 6.89. The summed E-state index contributed by atoms with van der Waals surface area (Å²) in [5.41, 5.74) is 2.85. The summed E-state index contributed by atoms with van der Waals surface area (Å²) in [6.07, 6.45) is 1.60. The van der Waals surface area contributed by atoms with Crippen LogP contribution in [0.15, 0.2) is 58.9 Å². The molecule has 0 N–H and O–H groups in total. The fourth-order valence-corrected chi connectivity index (χ4v) is 3.58. The lowest BCUT2D eigenvalue weighted by Gasteiger charge is -2.20. The lowest BCUT2D eigenvalue weighted by atomic mass is 10.1. The maximum Gasteiger partial charge on any atom is 0.263 e. The Morgan fingerprint density at radius 1 is 0.964 bits per heavy atom. The molecule has 2 amide bonds. The smallest absolute Gasteiger partial charge is 0.263 e. The molecule has 0 unspecified atom stereocenters. The number of carbonyl (C=O) groups is 2. The van der Waals surface area contributed by atoms with Crippen LogP contribution >= 0.6 is 0 Å². The minimum Gasteiger partial charge on any atom is -0.497 e. The summed E-state index contributed by atoms with van der Waals surface area (Å²) < 4.78 is 5.17. The Bertz CT molecular complexity index is 908. The Morgan fingerprint density at radius 3 is 2.29 bits per heavy atom. The Balaban J connectivity index is 1.47. The SMILES string of the molecule is CCc1ccc(N2C(=O)[C@@H]3N=NN(CCc4ccc(OC)cc4)[C@H]3C2=O)cc1. The molecule has 28 heavy (non-hydrogen) atoms. The Morgan fingerprint density at radius 2 is 1.64 bits per heavy atom. The molecule has 0 bridgehead atoms. The lowest BCUT2D eigenvalue weighted by Crippen LogP contribution is -2.40. The largest absolute Gasteiger partial charge is 0.497 e. The third kappa shape index (κ3) is 3.13. The average Bonchev–Trinajstić information content (AvgIpc) is 3.26. The summed E-state index contributed by atoms with van der Waals surface area (Å²) in [5, 5.41) is 9.80. The highest BCUT2D eigenvalue weighted by molar-refractivity contribution is 6.25. The Labute approximate surface area is 163 Å². The number of hydrogen-bond donors (Lipinski definition) is 0. The topological polar surface area (TPSA) is 74.6 Å². The number of methoxy groups -OCH3 is 1. The molecule has 0 aliphatic carbocycles. The van der Waals surface area contributed by atoms with E-state index in [0.29, 0.717) is 18.7 Å². The van der Waals surface area contributed by atoms with Crippen molar-refractivity contribution in [2.45, 2.75) is 31.8 Å². The summed E-state index contributed by atoms with van der Waals surface area (Å²) in [6, 6.07) is 13.8. The highest BCUT2D eigenvalue weighted by Crippen LogP contribution is 2.32. The molecule has 1 fully saturated rings. The van der Waals surface area contributed by atoms with E-state index >= 15 is 0 Å². The van der Waals surface area contributed by atoms with Crippen LogP contribution in [-0.2, 0) is 22.4 Å². The van der Waals surface area contributed by atoms with Crippen LogP contribution in [0.5, 0.6) is 5.75 Å². The molecule has 0 saturated carbocycles. The normalized spacial score (nSPS) is 20.8. The van der Waals surface area contributed by atoms with Gasteiger partial charge in [-0.1, -0.05) is 36.4 Å². The van der Waals surface area contributed by atoms with Gasteiger partial charge in [-0.05, 0) is 48.2 Å². The molecule has 1 saturated heterocycles. The summed E-state index contributed by atoms with van der Waals surface area (Å²) >= 11 is 0. The van der Waals surface area contributed by atoms with Crippen molar-refractivity contribution < 1.29 is 14.3 Å². The van der Waals surface area contributed by atoms with Gasteiger partial charge in [0.1, 0.15) is 5.75 Å². The van der Waals surface area contributed by atoms with Gasteiger partial charge in [-0.15, -0.1) is 0 Å². The first-order valence-electron chi connectivity index (χ1n) is 9.39. The third-order valence-corrected chi connectivity index (χ3v) is 5.25. The van der Waals surface area contributed by atoms with Crippen LogP contribution in [0.1, 0.15) is 18.1 Å². The van der Waals surface area contributed by atoms with Gasteiger partial charge in [-0.3, -0.25) is 14.6 Å². The van der Waals surface area contributed by atoms with Crippen molar-refractivity contribution in [2.24, 2.45) is 10.3 Å². The number of hydrogen-bond acceptors (Lipinski definition) is 6. The first kappa shape index (κ1) is 18.2. The number of ether oxygens (including phenoxy) is 1. The minimum atomic E-state index is -0.755. The average molecular weight is 378 g/mol. The van der Waals surface area contributed by atoms with Crippen molar-refractivity contribution in [1.29, 1.82) is 0 Å². The summed E-state index contributed by atoms with van der Waals surface area (Å²) in [4.78, 5) is 27.0. The highest BCUT2D eigenvalue weighted by Gasteiger charge is 2.54. The zero-order valence-electron chi connectivity index (χ0n) is 15.9. The molecule has 7 nitrogen and oxygen atoms in total. The number of benzene rings is 2. The standard InChI is InChI=1S/C21H22N4O3/c1-3-14-4-8-16(9-5-14)25-20(26)18-19(21(25)27)24(23-22-18)13-12-15-6-10-17(28-2)11-7-15/h4-11,18-19H,3,12-13H2,1-2H3/t18-,19-/m1/s1. The number of rotatable bonds is 6. The Hall–Kier alpha value is -3.22. The van der Waals surface area contributed by atoms with Crippen LogP contribution in [0.4, 0.5) is 5.69 Å². The molecule has 2 aliphatic rings. The maximum atomic E-state index is 13.0. The van der Waals surface area contributed by atoms with E-state index in [0.717, 1.165) is 23.3 Å². The third-order valence-electron chi connectivity index (χ3n) is 5.25. The van der Waals surface area contributed by atoms with E-state index in [9.17, 15) is 9.59 Å². The first-order valence-corrected chi connectivity index (χ1v) is 9.39. The molecule has 144 valence electrons. The predicted molar refractivity (Wildman–Crippen MR) is 104 cm³/mol. The predicted octanol–water partition coefficient (Wildman–Crippen LogP) is 2.79. The quantitative estimate of drug-likeness (QED) is 0.725. The van der Waals surface area contributed by atoms with E-state index in [1.807, 2.05) is 48.5 Å². The van der Waals surface area contributed by atoms with E-state index < -0.39 is 12.1 Å². The summed E-state index contributed by atoms with van der Waals surface area (Å²) in [5.74, 6) is 0.222. The van der Waals surface area contributed by atoms with Gasteiger partial charge < -0.3 is 4.74 Å².